The Morgan fingerprint density at radius 2 is 2.07 bits per heavy atom. The molecule has 1 atom stereocenters. The number of aryl methyl sites for hydroxylation is 1. The fraction of sp³-hybridized carbons (Fsp3) is 0.421. The summed E-state index contributed by atoms with van der Waals surface area (Å²) in [5.74, 6) is 0.360. The van der Waals surface area contributed by atoms with Crippen molar-refractivity contribution in [2.24, 2.45) is 4.99 Å². The summed E-state index contributed by atoms with van der Waals surface area (Å²) in [6, 6.07) is 7.71. The van der Waals surface area contributed by atoms with Gasteiger partial charge in [0, 0.05) is 18.6 Å². The smallest absolute Gasteiger partial charge is 0.350 e. The van der Waals surface area contributed by atoms with Crippen LogP contribution in [0.4, 0.5) is 0 Å². The van der Waals surface area contributed by atoms with Gasteiger partial charge in [0.2, 0.25) is 0 Å². The van der Waals surface area contributed by atoms with Gasteiger partial charge in [-0.1, -0.05) is 23.7 Å². The molecular weight excluding hydrogens is 384 g/mol. The third-order valence-corrected chi connectivity index (χ3v) is 5.41. The third-order valence-electron chi connectivity index (χ3n) is 3.84. The van der Waals surface area contributed by atoms with Crippen molar-refractivity contribution in [3.05, 3.63) is 50.4 Å². The van der Waals surface area contributed by atoms with Crippen LogP contribution < -0.4 is 10.6 Å². The first-order valence-electron chi connectivity index (χ1n) is 8.80. The molecule has 1 aromatic carbocycles. The van der Waals surface area contributed by atoms with E-state index in [1.165, 1.54) is 16.9 Å². The molecule has 0 saturated carbocycles. The number of hydrogen-bond donors (Lipinski definition) is 2. The molecule has 146 valence electrons. The van der Waals surface area contributed by atoms with Gasteiger partial charge in [-0.15, -0.1) is 11.3 Å². The van der Waals surface area contributed by atoms with Gasteiger partial charge in [-0.3, -0.25) is 4.99 Å². The third kappa shape index (κ3) is 6.22. The molecule has 0 bridgehead atoms. The van der Waals surface area contributed by atoms with Crippen LogP contribution in [0.5, 0.6) is 0 Å². The van der Waals surface area contributed by atoms with E-state index in [2.05, 4.69) is 20.6 Å². The minimum absolute atomic E-state index is 0.0846. The van der Waals surface area contributed by atoms with E-state index in [4.69, 9.17) is 16.3 Å². The number of rotatable bonds is 7. The summed E-state index contributed by atoms with van der Waals surface area (Å²) >= 11 is 7.25. The number of guanidine groups is 1. The molecule has 0 saturated heterocycles. The zero-order chi connectivity index (χ0) is 19.8. The van der Waals surface area contributed by atoms with Crippen LogP contribution in [0.2, 0.25) is 5.02 Å². The number of halogens is 1. The highest BCUT2D eigenvalue weighted by Gasteiger charge is 2.20. The SMILES string of the molecule is CCOC(=O)c1sc(C(C)NC(=NC)NCCc2ccc(Cl)cc2)nc1C. The number of carbonyl (C=O) groups excluding carboxylic acids is 1. The van der Waals surface area contributed by atoms with Crippen molar-refractivity contribution in [1.82, 2.24) is 15.6 Å². The molecule has 0 aliphatic heterocycles. The predicted molar refractivity (Wildman–Crippen MR) is 111 cm³/mol. The quantitative estimate of drug-likeness (QED) is 0.414. The van der Waals surface area contributed by atoms with Crippen molar-refractivity contribution in [3.63, 3.8) is 0 Å². The normalized spacial score (nSPS) is 12.6. The highest BCUT2D eigenvalue weighted by molar-refractivity contribution is 7.13. The number of aromatic nitrogens is 1. The molecule has 6 nitrogen and oxygen atoms in total. The predicted octanol–water partition coefficient (Wildman–Crippen LogP) is 3.75. The van der Waals surface area contributed by atoms with Crippen molar-refractivity contribution in [2.75, 3.05) is 20.2 Å². The lowest BCUT2D eigenvalue weighted by atomic mass is 10.1. The molecule has 2 aromatic rings. The van der Waals surface area contributed by atoms with Crippen molar-refractivity contribution < 1.29 is 9.53 Å². The van der Waals surface area contributed by atoms with E-state index >= 15 is 0 Å². The van der Waals surface area contributed by atoms with Gasteiger partial charge in [-0.2, -0.15) is 0 Å². The van der Waals surface area contributed by atoms with E-state index in [0.29, 0.717) is 23.1 Å². The van der Waals surface area contributed by atoms with Crippen LogP contribution in [0.25, 0.3) is 0 Å². The molecule has 0 radical (unpaired) electrons. The van der Waals surface area contributed by atoms with Crippen LogP contribution in [0, 0.1) is 6.92 Å². The first-order chi connectivity index (χ1) is 12.9. The fourth-order valence-corrected chi connectivity index (χ4v) is 3.52. The Labute approximate surface area is 169 Å². The maximum absolute atomic E-state index is 12.0. The van der Waals surface area contributed by atoms with Gasteiger partial charge in [0.15, 0.2) is 5.96 Å². The Morgan fingerprint density at radius 1 is 1.37 bits per heavy atom. The molecule has 0 aliphatic rings. The second-order valence-electron chi connectivity index (χ2n) is 5.93. The number of nitrogens with zero attached hydrogens (tertiary/aromatic N) is 2. The van der Waals surface area contributed by atoms with Crippen LogP contribution in [-0.4, -0.2) is 37.1 Å². The largest absolute Gasteiger partial charge is 0.462 e. The van der Waals surface area contributed by atoms with Crippen LogP contribution in [0.15, 0.2) is 29.3 Å². The van der Waals surface area contributed by atoms with Crippen LogP contribution in [0.1, 0.15) is 45.8 Å². The molecule has 8 heteroatoms. The summed E-state index contributed by atoms with van der Waals surface area (Å²) in [4.78, 5) is 21.3. The summed E-state index contributed by atoms with van der Waals surface area (Å²) < 4.78 is 5.07. The lowest BCUT2D eigenvalue weighted by Gasteiger charge is -2.16. The van der Waals surface area contributed by atoms with E-state index in [-0.39, 0.29) is 12.0 Å². The van der Waals surface area contributed by atoms with Gasteiger partial charge < -0.3 is 15.4 Å². The van der Waals surface area contributed by atoms with Gasteiger partial charge in [0.05, 0.1) is 18.3 Å². The standard InChI is InChI=1S/C19H25ClN4O2S/c1-5-26-18(25)16-12(2)23-17(27-16)13(3)24-19(21-4)22-11-10-14-6-8-15(20)9-7-14/h6-9,13H,5,10-11H2,1-4H3,(H2,21,22,24). The number of aliphatic imine (C=N–C) groups is 1. The minimum Gasteiger partial charge on any atom is -0.462 e. The molecule has 1 aromatic heterocycles. The van der Waals surface area contributed by atoms with Gasteiger partial charge in [-0.25, -0.2) is 9.78 Å². The second-order valence-corrected chi connectivity index (χ2v) is 7.40. The number of hydrogen-bond acceptors (Lipinski definition) is 5. The van der Waals surface area contributed by atoms with E-state index in [0.717, 1.165) is 23.0 Å². The molecule has 2 N–H and O–H groups in total. The zero-order valence-corrected chi connectivity index (χ0v) is 17.6. The maximum Gasteiger partial charge on any atom is 0.350 e. The minimum atomic E-state index is -0.323. The molecule has 0 aliphatic carbocycles. The molecule has 1 unspecified atom stereocenters. The van der Waals surface area contributed by atoms with E-state index in [9.17, 15) is 4.79 Å². The molecular formula is C19H25ClN4O2S. The molecule has 1 heterocycles. The first kappa shape index (κ1) is 21.2. The summed E-state index contributed by atoms with van der Waals surface area (Å²) in [5, 5.41) is 8.14. The van der Waals surface area contributed by atoms with Crippen molar-refractivity contribution in [1.29, 1.82) is 0 Å². The molecule has 0 fully saturated rings. The van der Waals surface area contributed by atoms with Crippen LogP contribution in [0.3, 0.4) is 0 Å². The molecule has 27 heavy (non-hydrogen) atoms. The monoisotopic (exact) mass is 408 g/mol. The Bertz CT molecular complexity index is 790. The molecule has 0 amide bonds. The van der Waals surface area contributed by atoms with Crippen molar-refractivity contribution in [2.45, 2.75) is 33.2 Å². The number of thiazole rings is 1. The second kappa shape index (κ2) is 10.3. The number of ether oxygens (including phenoxy) is 1. The Morgan fingerprint density at radius 3 is 2.70 bits per heavy atom. The van der Waals surface area contributed by atoms with Gasteiger partial charge in [-0.05, 0) is 44.9 Å². The Kier molecular flexibility index (Phi) is 8.06. The first-order valence-corrected chi connectivity index (χ1v) is 10.00. The average molecular weight is 409 g/mol. The van der Waals surface area contributed by atoms with Crippen molar-refractivity contribution in [3.8, 4) is 0 Å². The molecule has 0 spiro atoms. The summed E-state index contributed by atoms with van der Waals surface area (Å²) in [5.41, 5.74) is 1.89. The van der Waals surface area contributed by atoms with E-state index in [1.54, 1.807) is 14.0 Å². The number of carbonyl (C=O) groups is 1. The Hall–Kier alpha value is -2.12. The van der Waals surface area contributed by atoms with E-state index < -0.39 is 0 Å². The lowest BCUT2D eigenvalue weighted by molar-refractivity contribution is 0.0531. The Balaban J connectivity index is 1.90. The lowest BCUT2D eigenvalue weighted by Crippen LogP contribution is -2.39. The zero-order valence-electron chi connectivity index (χ0n) is 16.0. The summed E-state index contributed by atoms with van der Waals surface area (Å²) in [6.45, 7) is 6.68. The van der Waals surface area contributed by atoms with E-state index in [1.807, 2.05) is 38.1 Å². The summed E-state index contributed by atoms with van der Waals surface area (Å²) in [7, 11) is 1.72. The van der Waals surface area contributed by atoms with Gasteiger partial charge in [0.1, 0.15) is 9.88 Å². The van der Waals surface area contributed by atoms with Crippen LogP contribution >= 0.6 is 22.9 Å². The van der Waals surface area contributed by atoms with Gasteiger partial charge >= 0.3 is 5.97 Å². The highest BCUT2D eigenvalue weighted by Crippen LogP contribution is 2.24. The van der Waals surface area contributed by atoms with Crippen LogP contribution in [-0.2, 0) is 11.2 Å². The van der Waals surface area contributed by atoms with Crippen molar-refractivity contribution >= 4 is 34.9 Å². The number of benzene rings is 1. The topological polar surface area (TPSA) is 75.6 Å². The molecule has 2 rings (SSSR count). The summed E-state index contributed by atoms with van der Waals surface area (Å²) in [6.07, 6.45) is 0.857. The van der Waals surface area contributed by atoms with Gasteiger partial charge in [0.25, 0.3) is 0 Å². The number of nitrogens with one attached hydrogen (secondary N) is 2. The highest BCUT2D eigenvalue weighted by atomic mass is 35.5. The average Bonchev–Trinajstić information content (AvgIpc) is 3.04. The maximum atomic E-state index is 12.0. The fourth-order valence-electron chi connectivity index (χ4n) is 2.43. The number of esters is 1.